The minimum absolute atomic E-state index is 0.245. The number of nitrogens with two attached hydrogens (primary N) is 1. The largest absolute Gasteiger partial charge is 0.418 e. The van der Waals surface area contributed by atoms with Crippen molar-refractivity contribution < 1.29 is 9.53 Å². The van der Waals surface area contributed by atoms with Gasteiger partial charge in [-0.05, 0) is 49.6 Å². The van der Waals surface area contributed by atoms with Gasteiger partial charge in [0.15, 0.2) is 0 Å². The van der Waals surface area contributed by atoms with E-state index in [-0.39, 0.29) is 11.8 Å². The molecule has 0 radical (unpaired) electrons. The molecule has 0 aliphatic heterocycles. The SMILES string of the molecule is C/C=C1\[C@H]2C=C(C)C[C@]1(N)c1ccc(OC(=O)Nc3ccncc3)nc1C2. The zero-order valence-electron chi connectivity index (χ0n) is 15.4. The molecule has 2 aromatic rings. The van der Waals surface area contributed by atoms with E-state index in [0.29, 0.717) is 5.69 Å². The number of fused-ring (bicyclic) bond motifs is 4. The first kappa shape index (κ1) is 17.4. The Labute approximate surface area is 158 Å². The molecule has 0 saturated heterocycles. The molecule has 4 rings (SSSR count). The van der Waals surface area contributed by atoms with E-state index >= 15 is 0 Å². The molecule has 2 aliphatic carbocycles. The minimum atomic E-state index is -0.586. The monoisotopic (exact) mass is 362 g/mol. The van der Waals surface area contributed by atoms with Crippen molar-refractivity contribution in [1.82, 2.24) is 9.97 Å². The van der Waals surface area contributed by atoms with Crippen molar-refractivity contribution in [3.05, 3.63) is 71.2 Å². The molecule has 6 heteroatoms. The second-order valence-electron chi connectivity index (χ2n) is 7.11. The second kappa shape index (κ2) is 6.63. The topological polar surface area (TPSA) is 90.1 Å². The third-order valence-corrected chi connectivity index (χ3v) is 5.24. The molecule has 2 aromatic heterocycles. The van der Waals surface area contributed by atoms with Crippen molar-refractivity contribution in [2.45, 2.75) is 32.2 Å². The van der Waals surface area contributed by atoms with E-state index in [1.165, 1.54) is 11.1 Å². The molecule has 0 fully saturated rings. The van der Waals surface area contributed by atoms with Crippen molar-refractivity contribution >= 4 is 11.8 Å². The number of amides is 1. The highest BCUT2D eigenvalue weighted by Gasteiger charge is 2.44. The molecule has 0 spiro atoms. The second-order valence-corrected chi connectivity index (χ2v) is 7.11. The summed E-state index contributed by atoms with van der Waals surface area (Å²) in [4.78, 5) is 20.6. The number of aromatic nitrogens is 2. The van der Waals surface area contributed by atoms with E-state index in [2.05, 4.69) is 34.4 Å². The Morgan fingerprint density at radius 2 is 2.11 bits per heavy atom. The molecule has 2 heterocycles. The minimum Gasteiger partial charge on any atom is -0.391 e. The van der Waals surface area contributed by atoms with Crippen molar-refractivity contribution in [3.63, 3.8) is 0 Å². The number of carbonyl (C=O) groups excluding carboxylic acids is 1. The molecule has 1 amide bonds. The first-order chi connectivity index (χ1) is 13.0. The van der Waals surface area contributed by atoms with Gasteiger partial charge < -0.3 is 10.5 Å². The van der Waals surface area contributed by atoms with E-state index in [1.807, 2.05) is 13.0 Å². The smallest absolute Gasteiger partial charge is 0.391 e. The van der Waals surface area contributed by atoms with Crippen LogP contribution in [0.15, 0.2) is 60.0 Å². The highest BCUT2D eigenvalue weighted by atomic mass is 16.6. The maximum atomic E-state index is 12.1. The van der Waals surface area contributed by atoms with Crippen LogP contribution in [-0.4, -0.2) is 16.1 Å². The van der Waals surface area contributed by atoms with Gasteiger partial charge in [0.2, 0.25) is 5.88 Å². The van der Waals surface area contributed by atoms with Crippen molar-refractivity contribution in [2.24, 2.45) is 11.7 Å². The standard InChI is InChI=1S/C21H22N4O2/c1-3-16-14-10-13(2)12-21(16,22)17-4-5-19(25-18(17)11-14)27-20(26)24-15-6-8-23-9-7-15/h3-10,14H,11-12,22H2,1-2H3,(H,23,24,26)/b16-3+/t14-,21+/m0/s1. The lowest BCUT2D eigenvalue weighted by Gasteiger charge is -2.45. The number of rotatable bonds is 2. The Hall–Kier alpha value is -2.99. The number of ether oxygens (including phenoxy) is 1. The maximum absolute atomic E-state index is 12.1. The van der Waals surface area contributed by atoms with Gasteiger partial charge in [-0.15, -0.1) is 0 Å². The number of pyridine rings is 2. The Morgan fingerprint density at radius 3 is 2.85 bits per heavy atom. The van der Waals surface area contributed by atoms with Crippen LogP contribution in [-0.2, 0) is 12.0 Å². The average molecular weight is 362 g/mol. The number of anilines is 1. The number of allylic oxidation sites excluding steroid dienone is 2. The van der Waals surface area contributed by atoms with Gasteiger partial charge in [0, 0.05) is 36.5 Å². The lowest BCUT2D eigenvalue weighted by molar-refractivity contribution is 0.213. The number of carbonyl (C=O) groups is 1. The van der Waals surface area contributed by atoms with Crippen LogP contribution in [0, 0.1) is 5.92 Å². The van der Waals surface area contributed by atoms with E-state index in [1.54, 1.807) is 30.6 Å². The summed E-state index contributed by atoms with van der Waals surface area (Å²) in [5.74, 6) is 0.515. The quantitative estimate of drug-likeness (QED) is 0.795. The molecule has 0 unspecified atom stereocenters. The number of nitrogens with one attached hydrogen (secondary N) is 1. The van der Waals surface area contributed by atoms with Gasteiger partial charge >= 0.3 is 6.09 Å². The van der Waals surface area contributed by atoms with Crippen LogP contribution >= 0.6 is 0 Å². The summed E-state index contributed by atoms with van der Waals surface area (Å²) in [5.41, 5.74) is 11.4. The molecule has 2 aliphatic rings. The Balaban J connectivity index is 1.59. The normalized spacial score (nSPS) is 24.8. The van der Waals surface area contributed by atoms with Crippen LogP contribution in [0.25, 0.3) is 0 Å². The Morgan fingerprint density at radius 1 is 1.33 bits per heavy atom. The maximum Gasteiger partial charge on any atom is 0.418 e. The van der Waals surface area contributed by atoms with Gasteiger partial charge in [0.25, 0.3) is 0 Å². The molecule has 2 bridgehead atoms. The highest BCUT2D eigenvalue weighted by Crippen LogP contribution is 2.48. The fraction of sp³-hybridized carbons (Fsp3) is 0.286. The lowest BCUT2D eigenvalue weighted by atomic mass is 9.63. The van der Waals surface area contributed by atoms with Gasteiger partial charge in [-0.3, -0.25) is 10.3 Å². The first-order valence-corrected chi connectivity index (χ1v) is 9.01. The van der Waals surface area contributed by atoms with Crippen molar-refractivity contribution in [2.75, 3.05) is 5.32 Å². The summed E-state index contributed by atoms with van der Waals surface area (Å²) in [6.07, 6.45) is 8.55. The number of hydrogen-bond acceptors (Lipinski definition) is 5. The summed E-state index contributed by atoms with van der Waals surface area (Å²) in [6.45, 7) is 4.16. The molecular weight excluding hydrogens is 340 g/mol. The zero-order valence-corrected chi connectivity index (χ0v) is 15.4. The predicted molar refractivity (Wildman–Crippen MR) is 103 cm³/mol. The van der Waals surface area contributed by atoms with Crippen molar-refractivity contribution in [1.29, 1.82) is 0 Å². The van der Waals surface area contributed by atoms with Crippen LogP contribution in [0.3, 0.4) is 0 Å². The van der Waals surface area contributed by atoms with E-state index in [9.17, 15) is 4.79 Å². The average Bonchev–Trinajstić information content (AvgIpc) is 2.61. The molecular formula is C21H22N4O2. The summed E-state index contributed by atoms with van der Waals surface area (Å²) < 4.78 is 5.36. The fourth-order valence-corrected chi connectivity index (χ4v) is 4.24. The van der Waals surface area contributed by atoms with Crippen LogP contribution in [0.2, 0.25) is 0 Å². The predicted octanol–water partition coefficient (Wildman–Crippen LogP) is 3.71. The molecule has 0 aromatic carbocycles. The summed E-state index contributed by atoms with van der Waals surface area (Å²) in [6, 6.07) is 7.03. The van der Waals surface area contributed by atoms with E-state index in [4.69, 9.17) is 10.5 Å². The number of hydrogen-bond donors (Lipinski definition) is 2. The van der Waals surface area contributed by atoms with Crippen LogP contribution in [0.1, 0.15) is 31.5 Å². The number of nitrogens with zero attached hydrogens (tertiary/aromatic N) is 2. The molecule has 6 nitrogen and oxygen atoms in total. The van der Waals surface area contributed by atoms with Gasteiger partial charge in [-0.25, -0.2) is 9.78 Å². The fourth-order valence-electron chi connectivity index (χ4n) is 4.24. The molecule has 27 heavy (non-hydrogen) atoms. The lowest BCUT2D eigenvalue weighted by Crippen LogP contribution is -2.47. The van der Waals surface area contributed by atoms with Crippen LogP contribution in [0.5, 0.6) is 5.88 Å². The van der Waals surface area contributed by atoms with Gasteiger partial charge in [-0.2, -0.15) is 0 Å². The first-order valence-electron chi connectivity index (χ1n) is 9.01. The zero-order chi connectivity index (χ0) is 19.0. The summed E-state index contributed by atoms with van der Waals surface area (Å²) in [5, 5.41) is 2.66. The van der Waals surface area contributed by atoms with Gasteiger partial charge in [-0.1, -0.05) is 17.7 Å². The Kier molecular flexibility index (Phi) is 4.28. The Bertz CT molecular complexity index is 952. The molecule has 0 saturated carbocycles. The summed E-state index contributed by atoms with van der Waals surface area (Å²) in [7, 11) is 0. The van der Waals surface area contributed by atoms with Gasteiger partial charge in [0.05, 0.1) is 11.2 Å². The highest BCUT2D eigenvalue weighted by molar-refractivity contribution is 5.85. The van der Waals surface area contributed by atoms with Crippen molar-refractivity contribution in [3.8, 4) is 5.88 Å². The van der Waals surface area contributed by atoms with Crippen LogP contribution < -0.4 is 15.8 Å². The molecule has 2 atom stereocenters. The van der Waals surface area contributed by atoms with Gasteiger partial charge in [0.1, 0.15) is 0 Å². The third kappa shape index (κ3) is 3.13. The van der Waals surface area contributed by atoms with E-state index in [0.717, 1.165) is 24.1 Å². The third-order valence-electron chi connectivity index (χ3n) is 5.24. The summed E-state index contributed by atoms with van der Waals surface area (Å²) >= 11 is 0. The van der Waals surface area contributed by atoms with E-state index < -0.39 is 11.6 Å². The molecule has 138 valence electrons. The molecule has 3 N–H and O–H groups in total. The van der Waals surface area contributed by atoms with Crippen LogP contribution in [0.4, 0.5) is 10.5 Å².